The number of carbonyl (C=O) groups is 1. The van der Waals surface area contributed by atoms with Crippen molar-refractivity contribution in [2.45, 2.75) is 0 Å². The second kappa shape index (κ2) is 5.71. The van der Waals surface area contributed by atoms with Gasteiger partial charge < -0.3 is 20.3 Å². The highest BCUT2D eigenvalue weighted by Gasteiger charge is 2.12. The smallest absolute Gasteiger partial charge is 0.256 e. The number of anilines is 1. The summed E-state index contributed by atoms with van der Waals surface area (Å²) >= 11 is 5.87. The van der Waals surface area contributed by atoms with Crippen LogP contribution in [0.1, 0.15) is 10.4 Å². The Balaban J connectivity index is 2.29. The molecule has 104 valence electrons. The predicted octanol–water partition coefficient (Wildman–Crippen LogP) is 3.01. The van der Waals surface area contributed by atoms with Crippen molar-refractivity contribution in [3.8, 4) is 17.2 Å². The van der Waals surface area contributed by atoms with E-state index in [9.17, 15) is 15.0 Å². The average Bonchev–Trinajstić information content (AvgIpc) is 2.37. The van der Waals surface area contributed by atoms with E-state index in [-0.39, 0.29) is 17.1 Å². The second-order valence-electron chi connectivity index (χ2n) is 4.04. The maximum atomic E-state index is 12.1. The molecule has 20 heavy (non-hydrogen) atoms. The molecule has 5 nitrogen and oxygen atoms in total. The first-order chi connectivity index (χ1) is 9.49. The fourth-order valence-corrected chi connectivity index (χ4v) is 1.87. The first kappa shape index (κ1) is 14.0. The minimum atomic E-state index is -0.503. The van der Waals surface area contributed by atoms with Gasteiger partial charge in [0.15, 0.2) is 0 Å². The van der Waals surface area contributed by atoms with E-state index in [0.717, 1.165) is 6.07 Å². The highest BCUT2D eigenvalue weighted by atomic mass is 35.5. The van der Waals surface area contributed by atoms with Crippen molar-refractivity contribution in [3.63, 3.8) is 0 Å². The lowest BCUT2D eigenvalue weighted by Gasteiger charge is -2.11. The van der Waals surface area contributed by atoms with E-state index < -0.39 is 5.91 Å². The molecule has 0 heterocycles. The van der Waals surface area contributed by atoms with Crippen LogP contribution in [-0.4, -0.2) is 23.2 Å². The average molecular weight is 294 g/mol. The molecule has 6 heteroatoms. The van der Waals surface area contributed by atoms with E-state index in [1.807, 2.05) is 0 Å². The van der Waals surface area contributed by atoms with Crippen LogP contribution in [0.15, 0.2) is 36.4 Å². The number of halogens is 1. The van der Waals surface area contributed by atoms with Crippen LogP contribution in [0, 0.1) is 0 Å². The number of rotatable bonds is 3. The van der Waals surface area contributed by atoms with Crippen LogP contribution in [0.2, 0.25) is 5.02 Å². The van der Waals surface area contributed by atoms with E-state index in [2.05, 4.69) is 5.32 Å². The zero-order valence-corrected chi connectivity index (χ0v) is 11.3. The van der Waals surface area contributed by atoms with E-state index in [4.69, 9.17) is 16.3 Å². The molecule has 0 unspecified atom stereocenters. The molecule has 0 radical (unpaired) electrons. The van der Waals surface area contributed by atoms with Crippen molar-refractivity contribution in [2.24, 2.45) is 0 Å². The van der Waals surface area contributed by atoms with Gasteiger partial charge in [-0.05, 0) is 30.3 Å². The number of amides is 1. The lowest BCUT2D eigenvalue weighted by molar-refractivity contribution is 0.102. The third-order valence-corrected chi connectivity index (χ3v) is 2.81. The minimum Gasteiger partial charge on any atom is -0.508 e. The van der Waals surface area contributed by atoms with E-state index >= 15 is 0 Å². The quantitative estimate of drug-likeness (QED) is 0.813. The molecular formula is C14H12ClNO4. The number of phenols is 2. The van der Waals surface area contributed by atoms with Gasteiger partial charge in [-0.1, -0.05) is 11.6 Å². The van der Waals surface area contributed by atoms with Gasteiger partial charge in [-0.15, -0.1) is 0 Å². The monoisotopic (exact) mass is 293 g/mol. The standard InChI is InChI=1S/C14H12ClNO4/c1-20-13-3-2-9(15)6-12(13)16-14(19)8-4-10(17)7-11(18)5-8/h2-7,17-18H,1H3,(H,16,19). The number of benzene rings is 2. The highest BCUT2D eigenvalue weighted by molar-refractivity contribution is 6.31. The number of methoxy groups -OCH3 is 1. The van der Waals surface area contributed by atoms with Crippen LogP contribution in [0.4, 0.5) is 5.69 Å². The molecule has 2 aromatic rings. The summed E-state index contributed by atoms with van der Waals surface area (Å²) < 4.78 is 5.11. The summed E-state index contributed by atoms with van der Waals surface area (Å²) in [5.74, 6) is -0.453. The van der Waals surface area contributed by atoms with Crippen LogP contribution in [0.3, 0.4) is 0 Å². The zero-order chi connectivity index (χ0) is 14.7. The summed E-state index contributed by atoms with van der Waals surface area (Å²) in [5, 5.41) is 21.8. The van der Waals surface area contributed by atoms with Gasteiger partial charge >= 0.3 is 0 Å². The number of hydrogen-bond acceptors (Lipinski definition) is 4. The van der Waals surface area contributed by atoms with Crippen molar-refractivity contribution in [2.75, 3.05) is 12.4 Å². The SMILES string of the molecule is COc1ccc(Cl)cc1NC(=O)c1cc(O)cc(O)c1. The number of carbonyl (C=O) groups excluding carboxylic acids is 1. The molecule has 0 fully saturated rings. The molecule has 2 rings (SSSR count). The Labute approximate surface area is 120 Å². The third kappa shape index (κ3) is 3.13. The molecule has 3 N–H and O–H groups in total. The van der Waals surface area contributed by atoms with Gasteiger partial charge in [-0.2, -0.15) is 0 Å². The topological polar surface area (TPSA) is 78.8 Å². The van der Waals surface area contributed by atoms with Gasteiger partial charge in [-0.3, -0.25) is 4.79 Å². The Hall–Kier alpha value is -2.40. The predicted molar refractivity (Wildman–Crippen MR) is 75.7 cm³/mol. The van der Waals surface area contributed by atoms with Gasteiger partial charge in [0.1, 0.15) is 17.2 Å². The Kier molecular flexibility index (Phi) is 4.00. The van der Waals surface area contributed by atoms with E-state index in [1.54, 1.807) is 18.2 Å². The Bertz CT molecular complexity index is 637. The molecule has 0 aliphatic rings. The fraction of sp³-hybridized carbons (Fsp3) is 0.0714. The largest absolute Gasteiger partial charge is 0.508 e. The van der Waals surface area contributed by atoms with Crippen LogP contribution in [-0.2, 0) is 0 Å². The molecule has 0 aliphatic carbocycles. The molecule has 0 bridgehead atoms. The van der Waals surface area contributed by atoms with E-state index in [1.165, 1.54) is 19.2 Å². The number of aromatic hydroxyl groups is 2. The van der Waals surface area contributed by atoms with Crippen molar-refractivity contribution >= 4 is 23.2 Å². The molecule has 1 amide bonds. The Morgan fingerprint density at radius 2 is 1.80 bits per heavy atom. The number of phenolic OH excluding ortho intramolecular Hbond substituents is 2. The molecule has 0 atom stereocenters. The summed E-state index contributed by atoms with van der Waals surface area (Å²) in [4.78, 5) is 12.1. The second-order valence-corrected chi connectivity index (χ2v) is 4.47. The number of ether oxygens (including phenoxy) is 1. The number of hydrogen-bond donors (Lipinski definition) is 3. The van der Waals surface area contributed by atoms with Gasteiger partial charge in [0.05, 0.1) is 12.8 Å². The first-order valence-electron chi connectivity index (χ1n) is 5.67. The van der Waals surface area contributed by atoms with Crippen molar-refractivity contribution in [1.29, 1.82) is 0 Å². The van der Waals surface area contributed by atoms with Gasteiger partial charge in [0, 0.05) is 16.7 Å². The lowest BCUT2D eigenvalue weighted by Crippen LogP contribution is -2.12. The first-order valence-corrected chi connectivity index (χ1v) is 6.05. The van der Waals surface area contributed by atoms with Crippen molar-refractivity contribution < 1.29 is 19.7 Å². The maximum absolute atomic E-state index is 12.1. The van der Waals surface area contributed by atoms with Crippen LogP contribution in [0.5, 0.6) is 17.2 Å². The van der Waals surface area contributed by atoms with Crippen LogP contribution < -0.4 is 10.1 Å². The fourth-order valence-electron chi connectivity index (χ4n) is 1.70. The summed E-state index contributed by atoms with van der Waals surface area (Å²) in [6.07, 6.45) is 0. The number of nitrogens with one attached hydrogen (secondary N) is 1. The molecule has 0 aromatic heterocycles. The molecule has 0 saturated carbocycles. The summed E-state index contributed by atoms with van der Waals surface area (Å²) in [6.45, 7) is 0. The normalized spacial score (nSPS) is 10.1. The van der Waals surface area contributed by atoms with Crippen LogP contribution in [0.25, 0.3) is 0 Å². The Morgan fingerprint density at radius 1 is 1.15 bits per heavy atom. The maximum Gasteiger partial charge on any atom is 0.256 e. The van der Waals surface area contributed by atoms with Gasteiger partial charge in [-0.25, -0.2) is 0 Å². The van der Waals surface area contributed by atoms with E-state index in [0.29, 0.717) is 16.5 Å². The molecular weight excluding hydrogens is 282 g/mol. The molecule has 0 spiro atoms. The highest BCUT2D eigenvalue weighted by Crippen LogP contribution is 2.29. The molecule has 0 saturated heterocycles. The zero-order valence-electron chi connectivity index (χ0n) is 10.6. The molecule has 0 aliphatic heterocycles. The molecule has 2 aromatic carbocycles. The third-order valence-electron chi connectivity index (χ3n) is 2.57. The van der Waals surface area contributed by atoms with Crippen molar-refractivity contribution in [3.05, 3.63) is 47.0 Å². The van der Waals surface area contributed by atoms with Gasteiger partial charge in [0.2, 0.25) is 0 Å². The summed E-state index contributed by atoms with van der Waals surface area (Å²) in [7, 11) is 1.47. The van der Waals surface area contributed by atoms with Gasteiger partial charge in [0.25, 0.3) is 5.91 Å². The summed E-state index contributed by atoms with van der Waals surface area (Å²) in [5.41, 5.74) is 0.511. The van der Waals surface area contributed by atoms with Crippen molar-refractivity contribution in [1.82, 2.24) is 0 Å². The summed E-state index contributed by atoms with van der Waals surface area (Å²) in [6, 6.07) is 8.42. The lowest BCUT2D eigenvalue weighted by atomic mass is 10.2. The minimum absolute atomic E-state index is 0.115. The van der Waals surface area contributed by atoms with Crippen LogP contribution >= 0.6 is 11.6 Å². The Morgan fingerprint density at radius 3 is 2.40 bits per heavy atom.